The number of carbonyl (C=O) groups is 1. The van der Waals surface area contributed by atoms with Crippen LogP contribution in [0.3, 0.4) is 0 Å². The molecule has 1 aromatic rings. The number of hydrogen-bond acceptors (Lipinski definition) is 3. The van der Waals surface area contributed by atoms with Crippen LogP contribution in [0.25, 0.3) is 0 Å². The van der Waals surface area contributed by atoms with Crippen LogP contribution in [0.1, 0.15) is 19.8 Å². The number of benzene rings is 1. The van der Waals surface area contributed by atoms with Crippen LogP contribution in [0, 0.1) is 0 Å². The Labute approximate surface area is 125 Å². The first-order valence-corrected chi connectivity index (χ1v) is 8.57. The first-order chi connectivity index (χ1) is 9.34. The molecule has 1 rings (SSSR count). The Hall–Kier alpha value is -1.27. The van der Waals surface area contributed by atoms with Crippen molar-refractivity contribution < 1.29 is 13.2 Å². The first kappa shape index (κ1) is 16.8. The van der Waals surface area contributed by atoms with E-state index in [-0.39, 0.29) is 12.5 Å². The summed E-state index contributed by atoms with van der Waals surface area (Å²) in [5, 5.41) is 3.15. The molecule has 0 aromatic heterocycles. The molecule has 20 heavy (non-hydrogen) atoms. The molecule has 0 bridgehead atoms. The maximum Gasteiger partial charge on any atom is 0.232 e. The minimum atomic E-state index is -3.40. The molecule has 1 N–H and O–H groups in total. The number of nitrogens with zero attached hydrogens (tertiary/aromatic N) is 1. The fraction of sp³-hybridized carbons (Fsp3) is 0.462. The van der Waals surface area contributed by atoms with Crippen molar-refractivity contribution >= 4 is 33.2 Å². The van der Waals surface area contributed by atoms with Crippen molar-refractivity contribution in [2.45, 2.75) is 19.8 Å². The Morgan fingerprint density at radius 3 is 2.65 bits per heavy atom. The molecular weight excluding hydrogens is 300 g/mol. The van der Waals surface area contributed by atoms with Crippen molar-refractivity contribution in [2.75, 3.05) is 23.7 Å². The van der Waals surface area contributed by atoms with Crippen molar-refractivity contribution in [3.63, 3.8) is 0 Å². The molecule has 5 nitrogen and oxygen atoms in total. The maximum atomic E-state index is 11.8. The van der Waals surface area contributed by atoms with Gasteiger partial charge in [0.05, 0.1) is 11.9 Å². The molecule has 1 aromatic carbocycles. The van der Waals surface area contributed by atoms with Crippen LogP contribution in [0.5, 0.6) is 0 Å². The predicted molar refractivity (Wildman–Crippen MR) is 81.6 cm³/mol. The van der Waals surface area contributed by atoms with E-state index in [9.17, 15) is 13.2 Å². The predicted octanol–water partition coefficient (Wildman–Crippen LogP) is 2.02. The molecule has 1 amide bonds. The number of carbonyl (C=O) groups excluding carboxylic acids is 1. The lowest BCUT2D eigenvalue weighted by molar-refractivity contribution is -0.121. The lowest BCUT2D eigenvalue weighted by atomic mass is 10.2. The zero-order chi connectivity index (χ0) is 15.2. The molecule has 0 radical (unpaired) electrons. The van der Waals surface area contributed by atoms with Gasteiger partial charge in [0, 0.05) is 24.5 Å². The summed E-state index contributed by atoms with van der Waals surface area (Å²) in [6, 6.07) is 6.65. The second-order valence-electron chi connectivity index (χ2n) is 4.37. The van der Waals surface area contributed by atoms with Gasteiger partial charge < -0.3 is 5.32 Å². The van der Waals surface area contributed by atoms with Gasteiger partial charge in [0.25, 0.3) is 0 Å². The smallest absolute Gasteiger partial charge is 0.232 e. The number of sulfonamides is 1. The van der Waals surface area contributed by atoms with Gasteiger partial charge in [-0.15, -0.1) is 0 Å². The molecule has 0 fully saturated rings. The molecule has 0 saturated heterocycles. The van der Waals surface area contributed by atoms with Crippen molar-refractivity contribution in [3.8, 4) is 0 Å². The molecule has 0 saturated carbocycles. The van der Waals surface area contributed by atoms with E-state index in [4.69, 9.17) is 11.6 Å². The number of amides is 1. The van der Waals surface area contributed by atoms with Gasteiger partial charge in [-0.1, -0.05) is 17.7 Å². The quantitative estimate of drug-likeness (QED) is 0.836. The second-order valence-corrected chi connectivity index (χ2v) is 6.72. The van der Waals surface area contributed by atoms with Crippen LogP contribution < -0.4 is 9.62 Å². The summed E-state index contributed by atoms with van der Waals surface area (Å²) in [5.41, 5.74) is 0.510. The van der Waals surface area contributed by atoms with E-state index in [1.54, 1.807) is 24.3 Å². The lowest BCUT2D eigenvalue weighted by Gasteiger charge is -2.22. The summed E-state index contributed by atoms with van der Waals surface area (Å²) >= 11 is 5.88. The van der Waals surface area contributed by atoms with E-state index < -0.39 is 10.0 Å². The standard InChI is InChI=1S/C13H19ClN2O3S/c1-3-15-13(17)8-5-9-16(20(2,18)19)12-7-4-6-11(14)10-12/h4,6-7,10H,3,5,8-9H2,1-2H3,(H,15,17). The third-order valence-electron chi connectivity index (χ3n) is 2.64. The summed E-state index contributed by atoms with van der Waals surface area (Å²) in [6.45, 7) is 2.66. The Kier molecular flexibility index (Phi) is 6.29. The summed E-state index contributed by atoms with van der Waals surface area (Å²) in [4.78, 5) is 11.4. The Morgan fingerprint density at radius 2 is 2.10 bits per heavy atom. The number of hydrogen-bond donors (Lipinski definition) is 1. The van der Waals surface area contributed by atoms with Gasteiger partial charge in [0.2, 0.25) is 15.9 Å². The SMILES string of the molecule is CCNC(=O)CCCN(c1cccc(Cl)c1)S(C)(=O)=O. The third-order valence-corrected chi connectivity index (χ3v) is 4.06. The van der Waals surface area contributed by atoms with Gasteiger partial charge in [0.1, 0.15) is 0 Å². The van der Waals surface area contributed by atoms with Crippen molar-refractivity contribution in [3.05, 3.63) is 29.3 Å². The molecule has 0 heterocycles. The second kappa shape index (κ2) is 7.50. The highest BCUT2D eigenvalue weighted by atomic mass is 35.5. The Balaban J connectivity index is 2.75. The normalized spacial score (nSPS) is 11.2. The molecule has 7 heteroatoms. The van der Waals surface area contributed by atoms with Crippen LogP contribution in [0.15, 0.2) is 24.3 Å². The van der Waals surface area contributed by atoms with Gasteiger partial charge in [-0.05, 0) is 31.5 Å². The van der Waals surface area contributed by atoms with Crippen LogP contribution in [0.4, 0.5) is 5.69 Å². The molecule has 0 unspecified atom stereocenters. The molecule has 0 atom stereocenters. The monoisotopic (exact) mass is 318 g/mol. The fourth-order valence-corrected chi connectivity index (χ4v) is 2.93. The zero-order valence-electron chi connectivity index (χ0n) is 11.6. The maximum absolute atomic E-state index is 11.8. The number of rotatable bonds is 7. The summed E-state index contributed by atoms with van der Waals surface area (Å²) < 4.78 is 24.9. The van der Waals surface area contributed by atoms with Gasteiger partial charge in [0.15, 0.2) is 0 Å². The largest absolute Gasteiger partial charge is 0.356 e. The molecule has 0 spiro atoms. The van der Waals surface area contributed by atoms with E-state index in [2.05, 4.69) is 5.32 Å². The van der Waals surface area contributed by atoms with Crippen molar-refractivity contribution in [2.24, 2.45) is 0 Å². The minimum Gasteiger partial charge on any atom is -0.356 e. The summed E-state index contributed by atoms with van der Waals surface area (Å²) in [5.74, 6) is -0.0768. The zero-order valence-corrected chi connectivity index (χ0v) is 13.2. The van der Waals surface area contributed by atoms with Crippen LogP contribution in [-0.2, 0) is 14.8 Å². The molecule has 0 aliphatic heterocycles. The van der Waals surface area contributed by atoms with E-state index in [0.29, 0.717) is 30.1 Å². The van der Waals surface area contributed by atoms with Crippen LogP contribution in [-0.4, -0.2) is 33.7 Å². The summed E-state index contributed by atoms with van der Waals surface area (Å²) in [7, 11) is -3.40. The lowest BCUT2D eigenvalue weighted by Crippen LogP contribution is -2.32. The average Bonchev–Trinajstić information content (AvgIpc) is 2.33. The van der Waals surface area contributed by atoms with E-state index in [0.717, 1.165) is 6.26 Å². The van der Waals surface area contributed by atoms with Gasteiger partial charge in [-0.25, -0.2) is 8.42 Å². The van der Waals surface area contributed by atoms with Crippen molar-refractivity contribution in [1.82, 2.24) is 5.32 Å². The first-order valence-electron chi connectivity index (χ1n) is 6.34. The average molecular weight is 319 g/mol. The molecular formula is C13H19ClN2O3S. The number of nitrogens with one attached hydrogen (secondary N) is 1. The molecule has 0 aliphatic carbocycles. The highest BCUT2D eigenvalue weighted by molar-refractivity contribution is 7.92. The fourth-order valence-electron chi connectivity index (χ4n) is 1.79. The van der Waals surface area contributed by atoms with Gasteiger partial charge in [-0.3, -0.25) is 9.10 Å². The number of halogens is 1. The molecule has 0 aliphatic rings. The number of anilines is 1. The topological polar surface area (TPSA) is 66.5 Å². The molecule has 112 valence electrons. The van der Waals surface area contributed by atoms with E-state index in [1.165, 1.54) is 4.31 Å². The third kappa shape index (κ3) is 5.38. The highest BCUT2D eigenvalue weighted by Gasteiger charge is 2.17. The van der Waals surface area contributed by atoms with Gasteiger partial charge in [-0.2, -0.15) is 0 Å². The highest BCUT2D eigenvalue weighted by Crippen LogP contribution is 2.22. The Bertz CT molecular complexity index is 560. The van der Waals surface area contributed by atoms with Crippen molar-refractivity contribution in [1.29, 1.82) is 0 Å². The van der Waals surface area contributed by atoms with Crippen LogP contribution >= 0.6 is 11.6 Å². The van der Waals surface area contributed by atoms with Crippen LogP contribution in [0.2, 0.25) is 5.02 Å². The minimum absolute atomic E-state index is 0.0768. The van der Waals surface area contributed by atoms with E-state index in [1.807, 2.05) is 6.92 Å². The Morgan fingerprint density at radius 1 is 1.40 bits per heavy atom. The summed E-state index contributed by atoms with van der Waals surface area (Å²) in [6.07, 6.45) is 1.88. The van der Waals surface area contributed by atoms with Gasteiger partial charge >= 0.3 is 0 Å². The van der Waals surface area contributed by atoms with E-state index >= 15 is 0 Å².